The Bertz CT molecular complexity index is 287. The summed E-state index contributed by atoms with van der Waals surface area (Å²) in [5.41, 5.74) is 6.35. The monoisotopic (exact) mass is 223 g/mol. The zero-order valence-electron chi connectivity index (χ0n) is 10.9. The van der Waals surface area contributed by atoms with Crippen LogP contribution in [-0.4, -0.2) is 29.0 Å². The summed E-state index contributed by atoms with van der Waals surface area (Å²) in [5.74, 6) is 1.67. The van der Waals surface area contributed by atoms with Gasteiger partial charge in [0.2, 0.25) is 0 Å². The van der Waals surface area contributed by atoms with Gasteiger partial charge < -0.3 is 10.6 Å². The van der Waals surface area contributed by atoms with Crippen molar-refractivity contribution in [3.05, 3.63) is 0 Å². The van der Waals surface area contributed by atoms with Crippen molar-refractivity contribution in [2.24, 2.45) is 16.6 Å². The molecule has 3 nitrogen and oxygen atoms in total. The highest BCUT2D eigenvalue weighted by Crippen LogP contribution is 2.44. The quantitative estimate of drug-likeness (QED) is 0.798. The van der Waals surface area contributed by atoms with Crippen molar-refractivity contribution in [2.45, 2.75) is 64.5 Å². The highest BCUT2D eigenvalue weighted by molar-refractivity contribution is 5.81. The molecule has 2 rings (SSSR count). The van der Waals surface area contributed by atoms with E-state index in [1.807, 2.05) is 0 Å². The molecule has 2 N–H and O–H groups in total. The van der Waals surface area contributed by atoms with Crippen LogP contribution in [0.5, 0.6) is 0 Å². The Morgan fingerprint density at radius 2 is 2.31 bits per heavy atom. The number of rotatable bonds is 3. The molecule has 0 bridgehead atoms. The number of hydrogen-bond donors (Lipinski definition) is 1. The first kappa shape index (κ1) is 11.7. The fraction of sp³-hybridized carbons (Fsp3) is 0.923. The number of hydrogen-bond acceptors (Lipinski definition) is 3. The van der Waals surface area contributed by atoms with Crippen LogP contribution in [0.4, 0.5) is 0 Å². The third-order valence-corrected chi connectivity index (χ3v) is 4.59. The van der Waals surface area contributed by atoms with Crippen molar-refractivity contribution in [2.75, 3.05) is 6.54 Å². The predicted molar refractivity (Wildman–Crippen MR) is 68.4 cm³/mol. The molecule has 0 aromatic rings. The SMILES string of the molecule is CCC1CCC2(CN=C(N)N2C(C)CC)C1. The molecular weight excluding hydrogens is 198 g/mol. The summed E-state index contributed by atoms with van der Waals surface area (Å²) < 4.78 is 0. The minimum atomic E-state index is 0.278. The van der Waals surface area contributed by atoms with Crippen LogP contribution in [0.3, 0.4) is 0 Å². The molecule has 0 amide bonds. The van der Waals surface area contributed by atoms with Gasteiger partial charge in [-0.3, -0.25) is 4.99 Å². The zero-order valence-corrected chi connectivity index (χ0v) is 10.9. The van der Waals surface area contributed by atoms with Gasteiger partial charge in [0.1, 0.15) is 0 Å². The second-order valence-electron chi connectivity index (χ2n) is 5.54. The largest absolute Gasteiger partial charge is 0.370 e. The first-order chi connectivity index (χ1) is 7.63. The van der Waals surface area contributed by atoms with Gasteiger partial charge in [0.15, 0.2) is 5.96 Å². The maximum atomic E-state index is 6.07. The molecule has 3 unspecified atom stereocenters. The molecular formula is C13H25N3. The molecule has 3 heteroatoms. The highest BCUT2D eigenvalue weighted by atomic mass is 15.4. The van der Waals surface area contributed by atoms with Crippen molar-refractivity contribution < 1.29 is 0 Å². The highest BCUT2D eigenvalue weighted by Gasteiger charge is 2.48. The lowest BCUT2D eigenvalue weighted by atomic mass is 9.92. The topological polar surface area (TPSA) is 41.6 Å². The van der Waals surface area contributed by atoms with Crippen LogP contribution < -0.4 is 5.73 Å². The van der Waals surface area contributed by atoms with Crippen LogP contribution in [0.15, 0.2) is 4.99 Å². The Hall–Kier alpha value is -0.730. The maximum Gasteiger partial charge on any atom is 0.192 e. The van der Waals surface area contributed by atoms with Crippen LogP contribution in [0.25, 0.3) is 0 Å². The number of guanidine groups is 1. The summed E-state index contributed by atoms with van der Waals surface area (Å²) in [6.45, 7) is 7.74. The number of aliphatic imine (C=N–C) groups is 1. The number of nitrogens with two attached hydrogens (primary N) is 1. The summed E-state index contributed by atoms with van der Waals surface area (Å²) in [4.78, 5) is 6.93. The van der Waals surface area contributed by atoms with Crippen molar-refractivity contribution in [3.63, 3.8) is 0 Å². The van der Waals surface area contributed by atoms with E-state index in [1.54, 1.807) is 0 Å². The molecule has 3 atom stereocenters. The van der Waals surface area contributed by atoms with Gasteiger partial charge in [-0.2, -0.15) is 0 Å². The van der Waals surface area contributed by atoms with Gasteiger partial charge in [0.25, 0.3) is 0 Å². The van der Waals surface area contributed by atoms with E-state index in [0.29, 0.717) is 6.04 Å². The van der Waals surface area contributed by atoms with Gasteiger partial charge in [-0.25, -0.2) is 0 Å². The van der Waals surface area contributed by atoms with Crippen molar-refractivity contribution in [1.29, 1.82) is 0 Å². The Labute approximate surface area is 99.1 Å². The average molecular weight is 223 g/mol. The zero-order chi connectivity index (χ0) is 11.8. The minimum Gasteiger partial charge on any atom is -0.370 e. The maximum absolute atomic E-state index is 6.07. The lowest BCUT2D eigenvalue weighted by Crippen LogP contribution is -2.54. The van der Waals surface area contributed by atoms with Gasteiger partial charge >= 0.3 is 0 Å². The van der Waals surface area contributed by atoms with Crippen molar-refractivity contribution in [3.8, 4) is 0 Å². The molecule has 2 aliphatic rings. The van der Waals surface area contributed by atoms with Gasteiger partial charge in [0.05, 0.1) is 12.1 Å². The Morgan fingerprint density at radius 3 is 2.88 bits per heavy atom. The van der Waals surface area contributed by atoms with Crippen LogP contribution in [0.2, 0.25) is 0 Å². The normalized spacial score (nSPS) is 35.8. The van der Waals surface area contributed by atoms with E-state index in [-0.39, 0.29) is 5.54 Å². The van der Waals surface area contributed by atoms with Gasteiger partial charge in [-0.1, -0.05) is 20.3 Å². The fourth-order valence-corrected chi connectivity index (χ4v) is 3.42. The molecule has 1 fully saturated rings. The summed E-state index contributed by atoms with van der Waals surface area (Å²) >= 11 is 0. The van der Waals surface area contributed by atoms with Crippen LogP contribution in [-0.2, 0) is 0 Å². The molecule has 1 aliphatic heterocycles. The molecule has 0 saturated heterocycles. The number of nitrogens with zero attached hydrogens (tertiary/aromatic N) is 2. The Balaban J connectivity index is 2.16. The molecule has 0 aromatic heterocycles. The first-order valence-corrected chi connectivity index (χ1v) is 6.72. The molecule has 0 radical (unpaired) electrons. The van der Waals surface area contributed by atoms with Crippen molar-refractivity contribution in [1.82, 2.24) is 4.90 Å². The van der Waals surface area contributed by atoms with Gasteiger partial charge in [-0.05, 0) is 38.5 Å². The summed E-state index contributed by atoms with van der Waals surface area (Å²) in [5, 5.41) is 0. The molecule has 92 valence electrons. The third kappa shape index (κ3) is 1.70. The minimum absolute atomic E-state index is 0.278. The second-order valence-corrected chi connectivity index (χ2v) is 5.54. The lowest BCUT2D eigenvalue weighted by molar-refractivity contribution is 0.153. The summed E-state index contributed by atoms with van der Waals surface area (Å²) in [7, 11) is 0. The Kier molecular flexibility index (Phi) is 3.13. The summed E-state index contributed by atoms with van der Waals surface area (Å²) in [6.07, 6.45) is 6.37. The standard InChI is InChI=1S/C13H25N3/c1-4-10(3)16-12(14)15-9-13(16)7-6-11(5-2)8-13/h10-11H,4-9H2,1-3H3,(H2,14,15). The van der Waals surface area contributed by atoms with Gasteiger partial charge in [-0.15, -0.1) is 0 Å². The molecule has 1 saturated carbocycles. The Morgan fingerprint density at radius 1 is 1.56 bits per heavy atom. The van der Waals surface area contributed by atoms with E-state index in [4.69, 9.17) is 5.73 Å². The van der Waals surface area contributed by atoms with Crippen LogP contribution >= 0.6 is 0 Å². The molecule has 1 aliphatic carbocycles. The summed E-state index contributed by atoms with van der Waals surface area (Å²) in [6, 6.07) is 0.529. The third-order valence-electron chi connectivity index (χ3n) is 4.59. The van der Waals surface area contributed by atoms with E-state index in [9.17, 15) is 0 Å². The molecule has 0 aromatic carbocycles. The molecule has 1 heterocycles. The second kappa shape index (κ2) is 4.27. The predicted octanol–water partition coefficient (Wildman–Crippen LogP) is 2.36. The lowest BCUT2D eigenvalue weighted by Gasteiger charge is -2.40. The van der Waals surface area contributed by atoms with E-state index in [1.165, 1.54) is 25.7 Å². The molecule has 16 heavy (non-hydrogen) atoms. The van der Waals surface area contributed by atoms with Crippen LogP contribution in [0.1, 0.15) is 52.9 Å². The van der Waals surface area contributed by atoms with Gasteiger partial charge in [0, 0.05) is 6.04 Å². The first-order valence-electron chi connectivity index (χ1n) is 6.72. The van der Waals surface area contributed by atoms with E-state index < -0.39 is 0 Å². The van der Waals surface area contributed by atoms with E-state index in [0.717, 1.165) is 24.8 Å². The molecule has 1 spiro atoms. The van der Waals surface area contributed by atoms with Crippen LogP contribution in [0, 0.1) is 5.92 Å². The van der Waals surface area contributed by atoms with E-state index in [2.05, 4.69) is 30.7 Å². The fourth-order valence-electron chi connectivity index (χ4n) is 3.42. The van der Waals surface area contributed by atoms with Crippen molar-refractivity contribution >= 4 is 5.96 Å². The van der Waals surface area contributed by atoms with E-state index >= 15 is 0 Å². The average Bonchev–Trinajstić information content (AvgIpc) is 2.84. The smallest absolute Gasteiger partial charge is 0.192 e.